The van der Waals surface area contributed by atoms with Crippen molar-refractivity contribution in [3.8, 4) is 5.75 Å². The van der Waals surface area contributed by atoms with Gasteiger partial charge in [0.15, 0.2) is 0 Å². The first-order chi connectivity index (χ1) is 13.1. The van der Waals surface area contributed by atoms with E-state index >= 15 is 0 Å². The lowest BCUT2D eigenvalue weighted by atomic mass is 10.2. The first-order valence-electron chi connectivity index (χ1n) is 8.74. The van der Waals surface area contributed by atoms with E-state index < -0.39 is 20.0 Å². The van der Waals surface area contributed by atoms with Crippen LogP contribution < -0.4 is 14.8 Å². The fraction of sp³-hybridized carbons (Fsp3) is 0.333. The lowest BCUT2D eigenvalue weighted by molar-refractivity contribution is 0.356. The van der Waals surface area contributed by atoms with Crippen LogP contribution in [0.15, 0.2) is 46.2 Å². The summed E-state index contributed by atoms with van der Waals surface area (Å²) < 4.78 is 59.7. The Morgan fingerprint density at radius 2 is 1.71 bits per heavy atom. The zero-order chi connectivity index (χ0) is 20.5. The van der Waals surface area contributed by atoms with Crippen molar-refractivity contribution in [2.45, 2.75) is 23.1 Å². The number of fused-ring (bicyclic) bond motifs is 1. The predicted molar refractivity (Wildman–Crippen MR) is 108 cm³/mol. The van der Waals surface area contributed by atoms with Gasteiger partial charge in [-0.1, -0.05) is 0 Å². The second kappa shape index (κ2) is 7.61. The van der Waals surface area contributed by atoms with Gasteiger partial charge in [0.1, 0.15) is 5.75 Å². The second-order valence-corrected chi connectivity index (χ2v) is 10.3. The Labute approximate surface area is 165 Å². The number of anilines is 2. The Morgan fingerprint density at radius 1 is 1.00 bits per heavy atom. The molecule has 0 amide bonds. The van der Waals surface area contributed by atoms with E-state index in [4.69, 9.17) is 4.74 Å². The van der Waals surface area contributed by atoms with Gasteiger partial charge in [-0.2, -0.15) is 0 Å². The van der Waals surface area contributed by atoms with Gasteiger partial charge in [-0.05, 0) is 48.9 Å². The summed E-state index contributed by atoms with van der Waals surface area (Å²) in [5.41, 5.74) is 1.49. The number of nitrogens with zero attached hydrogens (tertiary/aromatic N) is 1. The largest absolute Gasteiger partial charge is 0.493 e. The minimum atomic E-state index is -3.91. The zero-order valence-corrected chi connectivity index (χ0v) is 17.5. The fourth-order valence-electron chi connectivity index (χ4n) is 2.86. The SMILES string of the molecule is CCNc1ccc(S(=O)(=O)N(C)C)cc1NS(=O)(=O)c1ccc2c(c1)CCO2. The minimum absolute atomic E-state index is 0.000735. The van der Waals surface area contributed by atoms with E-state index in [9.17, 15) is 16.8 Å². The summed E-state index contributed by atoms with van der Waals surface area (Å²) in [6.07, 6.45) is 0.651. The molecule has 1 aliphatic heterocycles. The zero-order valence-electron chi connectivity index (χ0n) is 15.9. The highest BCUT2D eigenvalue weighted by Crippen LogP contribution is 2.31. The van der Waals surface area contributed by atoms with Gasteiger partial charge in [-0.15, -0.1) is 0 Å². The van der Waals surface area contributed by atoms with E-state index in [1.165, 1.54) is 32.3 Å². The van der Waals surface area contributed by atoms with Gasteiger partial charge >= 0.3 is 0 Å². The van der Waals surface area contributed by atoms with E-state index in [1.54, 1.807) is 18.2 Å². The number of hydrogen-bond acceptors (Lipinski definition) is 6. The summed E-state index contributed by atoms with van der Waals surface area (Å²) in [5.74, 6) is 0.686. The monoisotopic (exact) mass is 425 g/mol. The third-order valence-electron chi connectivity index (χ3n) is 4.35. The maximum Gasteiger partial charge on any atom is 0.261 e. The van der Waals surface area contributed by atoms with E-state index in [1.807, 2.05) is 6.92 Å². The van der Waals surface area contributed by atoms with Gasteiger partial charge in [-0.3, -0.25) is 4.72 Å². The third kappa shape index (κ3) is 3.94. The first-order valence-corrected chi connectivity index (χ1v) is 11.7. The fourth-order valence-corrected chi connectivity index (χ4v) is 4.91. The molecule has 0 fully saturated rings. The Kier molecular flexibility index (Phi) is 5.55. The Bertz CT molecular complexity index is 1100. The Morgan fingerprint density at radius 3 is 2.39 bits per heavy atom. The van der Waals surface area contributed by atoms with Crippen molar-refractivity contribution in [1.29, 1.82) is 0 Å². The molecule has 0 aromatic heterocycles. The van der Waals surface area contributed by atoms with Crippen molar-refractivity contribution in [2.24, 2.45) is 0 Å². The third-order valence-corrected chi connectivity index (χ3v) is 7.53. The van der Waals surface area contributed by atoms with Gasteiger partial charge in [0.25, 0.3) is 10.0 Å². The summed E-state index contributed by atoms with van der Waals surface area (Å²) in [5, 5.41) is 3.04. The van der Waals surface area contributed by atoms with E-state index in [0.717, 1.165) is 9.87 Å². The van der Waals surface area contributed by atoms with Crippen LogP contribution in [0.5, 0.6) is 5.75 Å². The molecule has 2 N–H and O–H groups in total. The number of hydrogen-bond donors (Lipinski definition) is 2. The van der Waals surface area contributed by atoms with Crippen LogP contribution in [-0.2, 0) is 26.5 Å². The average Bonchev–Trinajstić information content (AvgIpc) is 3.10. The lowest BCUT2D eigenvalue weighted by Gasteiger charge is -2.17. The van der Waals surface area contributed by atoms with Crippen LogP contribution in [0.4, 0.5) is 11.4 Å². The van der Waals surface area contributed by atoms with Gasteiger partial charge in [0.05, 0.1) is 27.8 Å². The van der Waals surface area contributed by atoms with Crippen LogP contribution in [0, 0.1) is 0 Å². The molecule has 3 rings (SSSR count). The molecule has 152 valence electrons. The lowest BCUT2D eigenvalue weighted by Crippen LogP contribution is -2.22. The van der Waals surface area contributed by atoms with Crippen LogP contribution in [0.2, 0.25) is 0 Å². The molecule has 0 unspecified atom stereocenters. The highest BCUT2D eigenvalue weighted by atomic mass is 32.2. The van der Waals surface area contributed by atoms with Gasteiger partial charge in [-0.25, -0.2) is 21.1 Å². The normalized spacial score (nSPS) is 13.9. The molecule has 0 saturated carbocycles. The summed E-state index contributed by atoms with van der Waals surface area (Å²) in [7, 11) is -4.78. The van der Waals surface area contributed by atoms with E-state index in [-0.39, 0.29) is 15.5 Å². The van der Waals surface area contributed by atoms with Crippen molar-refractivity contribution in [1.82, 2.24) is 4.31 Å². The summed E-state index contributed by atoms with van der Waals surface area (Å²) >= 11 is 0. The smallest absolute Gasteiger partial charge is 0.261 e. The molecule has 8 nitrogen and oxygen atoms in total. The summed E-state index contributed by atoms with van der Waals surface area (Å²) in [6, 6.07) is 9.00. The quantitative estimate of drug-likeness (QED) is 0.704. The van der Waals surface area contributed by atoms with Crippen LogP contribution in [0.3, 0.4) is 0 Å². The molecule has 10 heteroatoms. The molecule has 0 saturated heterocycles. The minimum Gasteiger partial charge on any atom is -0.493 e. The van der Waals surface area contributed by atoms with E-state index in [0.29, 0.717) is 31.0 Å². The molecule has 0 bridgehead atoms. The highest BCUT2D eigenvalue weighted by molar-refractivity contribution is 7.92. The number of ether oxygens (including phenoxy) is 1. The van der Waals surface area contributed by atoms with Crippen LogP contribution in [-0.4, -0.2) is 48.4 Å². The van der Waals surface area contributed by atoms with E-state index in [2.05, 4.69) is 10.0 Å². The summed E-state index contributed by atoms with van der Waals surface area (Å²) in [4.78, 5) is 0.0966. The topological polar surface area (TPSA) is 105 Å². The molecule has 0 atom stereocenters. The second-order valence-electron chi connectivity index (χ2n) is 6.50. The molecule has 28 heavy (non-hydrogen) atoms. The number of nitrogens with one attached hydrogen (secondary N) is 2. The highest BCUT2D eigenvalue weighted by Gasteiger charge is 2.23. The number of rotatable bonds is 7. The molecule has 0 radical (unpaired) electrons. The molecule has 1 heterocycles. The number of benzene rings is 2. The van der Waals surface area contributed by atoms with Gasteiger partial charge < -0.3 is 10.1 Å². The maximum atomic E-state index is 12.9. The first kappa shape index (κ1) is 20.4. The standard InChI is InChI=1S/C18H23N3O5S2/c1-4-19-16-7-5-15(28(24,25)21(2)3)12-17(16)20-27(22,23)14-6-8-18-13(11-14)9-10-26-18/h5-8,11-12,19-20H,4,9-10H2,1-3H3. The van der Waals surface area contributed by atoms with Crippen LogP contribution >= 0.6 is 0 Å². The Hall–Kier alpha value is -2.30. The van der Waals surface area contributed by atoms with Crippen molar-refractivity contribution < 1.29 is 21.6 Å². The van der Waals surface area contributed by atoms with Crippen molar-refractivity contribution in [2.75, 3.05) is 37.3 Å². The molecule has 0 spiro atoms. The summed E-state index contributed by atoms with van der Waals surface area (Å²) in [6.45, 7) is 2.94. The van der Waals surface area contributed by atoms with Gasteiger partial charge in [0, 0.05) is 27.1 Å². The Balaban J connectivity index is 2.01. The molecular weight excluding hydrogens is 402 g/mol. The van der Waals surface area contributed by atoms with Crippen LogP contribution in [0.1, 0.15) is 12.5 Å². The molecular formula is C18H23N3O5S2. The maximum absolute atomic E-state index is 12.9. The van der Waals surface area contributed by atoms with Crippen molar-refractivity contribution in [3.05, 3.63) is 42.0 Å². The molecule has 0 aliphatic carbocycles. The average molecular weight is 426 g/mol. The number of sulfonamides is 2. The van der Waals surface area contributed by atoms with Crippen molar-refractivity contribution >= 4 is 31.4 Å². The molecule has 1 aliphatic rings. The molecule has 2 aromatic rings. The van der Waals surface area contributed by atoms with Crippen LogP contribution in [0.25, 0.3) is 0 Å². The van der Waals surface area contributed by atoms with Gasteiger partial charge in [0.2, 0.25) is 10.0 Å². The molecule has 2 aromatic carbocycles. The predicted octanol–water partition coefficient (Wildman–Crippen LogP) is 2.10. The van der Waals surface area contributed by atoms with Crippen molar-refractivity contribution in [3.63, 3.8) is 0 Å².